The first-order valence-electron chi connectivity index (χ1n) is 18.5. The second-order valence-electron chi connectivity index (χ2n) is 13.8. The summed E-state index contributed by atoms with van der Waals surface area (Å²) in [5.41, 5.74) is 14.1. The molecule has 0 fully saturated rings. The summed E-state index contributed by atoms with van der Waals surface area (Å²) in [7, 11) is 0. The first-order valence-corrected chi connectivity index (χ1v) is 18.5. The van der Waals surface area contributed by atoms with Crippen molar-refractivity contribution in [1.82, 2.24) is 4.57 Å². The van der Waals surface area contributed by atoms with E-state index < -0.39 is 0 Å². The van der Waals surface area contributed by atoms with Crippen LogP contribution in [0, 0.1) is 0 Å². The van der Waals surface area contributed by atoms with Crippen LogP contribution in [0.15, 0.2) is 218 Å². The summed E-state index contributed by atoms with van der Waals surface area (Å²) in [5, 5.41) is 5.03. The van der Waals surface area contributed by atoms with Crippen LogP contribution in [0.5, 0.6) is 0 Å². The highest BCUT2D eigenvalue weighted by Crippen LogP contribution is 2.40. The van der Waals surface area contributed by atoms with Crippen molar-refractivity contribution in [1.29, 1.82) is 0 Å². The van der Waals surface area contributed by atoms with Gasteiger partial charge in [0, 0.05) is 33.4 Å². The van der Waals surface area contributed by atoms with E-state index in [2.05, 4.69) is 228 Å². The van der Waals surface area contributed by atoms with Gasteiger partial charge in [0.25, 0.3) is 0 Å². The number of aromatic nitrogens is 1. The monoisotopic (exact) mass is 688 g/mol. The molecule has 0 saturated heterocycles. The molecular formula is C52H36N2. The topological polar surface area (TPSA) is 8.17 Å². The van der Waals surface area contributed by atoms with Gasteiger partial charge in [0.2, 0.25) is 0 Å². The fraction of sp³-hybridized carbons (Fsp3) is 0. The number of fused-ring (bicyclic) bond motifs is 4. The predicted octanol–water partition coefficient (Wildman–Crippen LogP) is 14.4. The molecule has 2 heteroatoms. The van der Waals surface area contributed by atoms with Gasteiger partial charge in [-0.15, -0.1) is 0 Å². The van der Waals surface area contributed by atoms with Crippen molar-refractivity contribution in [3.05, 3.63) is 218 Å². The van der Waals surface area contributed by atoms with E-state index in [-0.39, 0.29) is 0 Å². The Morgan fingerprint density at radius 1 is 0.296 bits per heavy atom. The molecule has 0 spiro atoms. The molecule has 10 aromatic rings. The highest BCUT2D eigenvalue weighted by atomic mass is 15.1. The quantitative estimate of drug-likeness (QED) is 0.162. The third-order valence-corrected chi connectivity index (χ3v) is 10.6. The molecule has 9 aromatic carbocycles. The van der Waals surface area contributed by atoms with Gasteiger partial charge in [-0.2, -0.15) is 0 Å². The molecule has 0 aliphatic rings. The van der Waals surface area contributed by atoms with Crippen LogP contribution in [0.4, 0.5) is 17.1 Å². The van der Waals surface area contributed by atoms with Crippen molar-refractivity contribution in [3.8, 4) is 39.1 Å². The van der Waals surface area contributed by atoms with Crippen molar-refractivity contribution in [2.75, 3.05) is 4.90 Å². The van der Waals surface area contributed by atoms with E-state index >= 15 is 0 Å². The standard InChI is InChI=1S/C52H36N2/c1-3-13-37(14-4-1)38-23-25-39(26-24-38)40-27-31-45(32-28-40)53(44-17-5-2-6-18-44)46-33-29-41(30-34-46)47-19-9-11-21-50(47)54-51-22-12-10-20-48(51)49-35-42-15-7-8-16-43(42)36-52(49)54/h1-36H. The van der Waals surface area contributed by atoms with Gasteiger partial charge in [0.05, 0.1) is 16.7 Å². The summed E-state index contributed by atoms with van der Waals surface area (Å²) in [4.78, 5) is 2.33. The molecule has 0 N–H and O–H groups in total. The van der Waals surface area contributed by atoms with E-state index in [4.69, 9.17) is 0 Å². The van der Waals surface area contributed by atoms with Crippen LogP contribution in [-0.2, 0) is 0 Å². The predicted molar refractivity (Wildman–Crippen MR) is 229 cm³/mol. The molecule has 0 radical (unpaired) electrons. The molecule has 254 valence electrons. The van der Waals surface area contributed by atoms with Crippen LogP contribution in [0.1, 0.15) is 0 Å². The zero-order valence-corrected chi connectivity index (χ0v) is 29.7. The molecule has 2 nitrogen and oxygen atoms in total. The molecule has 0 aliphatic carbocycles. The van der Waals surface area contributed by atoms with Gasteiger partial charge in [-0.05, 0) is 99.3 Å². The maximum absolute atomic E-state index is 2.44. The summed E-state index contributed by atoms with van der Waals surface area (Å²) >= 11 is 0. The first kappa shape index (κ1) is 31.6. The molecule has 10 rings (SSSR count). The first-order chi connectivity index (χ1) is 26.8. The third kappa shape index (κ3) is 5.62. The Morgan fingerprint density at radius 3 is 1.43 bits per heavy atom. The largest absolute Gasteiger partial charge is 0.311 e. The summed E-state index contributed by atoms with van der Waals surface area (Å²) in [6, 6.07) is 78.8. The van der Waals surface area contributed by atoms with E-state index in [1.807, 2.05) is 0 Å². The molecule has 0 saturated carbocycles. The Balaban J connectivity index is 1.02. The summed E-state index contributed by atoms with van der Waals surface area (Å²) in [5.74, 6) is 0. The van der Waals surface area contributed by atoms with Crippen LogP contribution in [0.25, 0.3) is 71.6 Å². The fourth-order valence-electron chi connectivity index (χ4n) is 7.93. The summed E-state index contributed by atoms with van der Waals surface area (Å²) in [6.07, 6.45) is 0. The molecule has 0 unspecified atom stereocenters. The van der Waals surface area contributed by atoms with E-state index in [0.29, 0.717) is 0 Å². The molecule has 1 heterocycles. The molecule has 0 amide bonds. The Labute approximate surface area is 315 Å². The minimum absolute atomic E-state index is 1.10. The van der Waals surface area contributed by atoms with Crippen molar-refractivity contribution < 1.29 is 0 Å². The minimum Gasteiger partial charge on any atom is -0.311 e. The van der Waals surface area contributed by atoms with Crippen LogP contribution >= 0.6 is 0 Å². The van der Waals surface area contributed by atoms with E-state index in [1.54, 1.807) is 0 Å². The number of hydrogen-bond acceptors (Lipinski definition) is 1. The highest BCUT2D eigenvalue weighted by molar-refractivity contribution is 6.14. The molecule has 0 aliphatic heterocycles. The lowest BCUT2D eigenvalue weighted by atomic mass is 10.00. The van der Waals surface area contributed by atoms with Crippen molar-refractivity contribution >= 4 is 49.6 Å². The van der Waals surface area contributed by atoms with Crippen LogP contribution in [-0.4, -0.2) is 4.57 Å². The average molecular weight is 689 g/mol. The number of benzene rings is 9. The van der Waals surface area contributed by atoms with Crippen LogP contribution in [0.2, 0.25) is 0 Å². The number of rotatable bonds is 7. The molecular weight excluding hydrogens is 653 g/mol. The number of anilines is 3. The zero-order valence-electron chi connectivity index (χ0n) is 29.7. The lowest BCUT2D eigenvalue weighted by Gasteiger charge is -2.26. The van der Waals surface area contributed by atoms with Gasteiger partial charge in [0.15, 0.2) is 0 Å². The normalized spacial score (nSPS) is 11.3. The van der Waals surface area contributed by atoms with Gasteiger partial charge in [0.1, 0.15) is 0 Å². The van der Waals surface area contributed by atoms with Gasteiger partial charge in [-0.25, -0.2) is 0 Å². The second kappa shape index (κ2) is 13.4. The Bertz CT molecular complexity index is 2890. The number of para-hydroxylation sites is 3. The maximum atomic E-state index is 2.44. The molecule has 54 heavy (non-hydrogen) atoms. The lowest BCUT2D eigenvalue weighted by Crippen LogP contribution is -2.09. The third-order valence-electron chi connectivity index (χ3n) is 10.6. The Morgan fingerprint density at radius 2 is 0.759 bits per heavy atom. The van der Waals surface area contributed by atoms with Crippen molar-refractivity contribution in [2.24, 2.45) is 0 Å². The summed E-state index contributed by atoms with van der Waals surface area (Å²) < 4.78 is 2.44. The zero-order chi connectivity index (χ0) is 35.8. The Kier molecular flexibility index (Phi) is 7.85. The number of nitrogens with zero attached hydrogens (tertiary/aromatic N) is 2. The van der Waals surface area contributed by atoms with E-state index in [0.717, 1.165) is 17.1 Å². The maximum Gasteiger partial charge on any atom is 0.0547 e. The fourth-order valence-corrected chi connectivity index (χ4v) is 7.93. The van der Waals surface area contributed by atoms with Crippen molar-refractivity contribution in [2.45, 2.75) is 0 Å². The van der Waals surface area contributed by atoms with Crippen molar-refractivity contribution in [3.63, 3.8) is 0 Å². The van der Waals surface area contributed by atoms with Crippen LogP contribution in [0.3, 0.4) is 0 Å². The highest BCUT2D eigenvalue weighted by Gasteiger charge is 2.17. The van der Waals surface area contributed by atoms with E-state index in [1.165, 1.54) is 71.6 Å². The van der Waals surface area contributed by atoms with E-state index in [9.17, 15) is 0 Å². The van der Waals surface area contributed by atoms with Gasteiger partial charge < -0.3 is 9.47 Å². The average Bonchev–Trinajstić information content (AvgIpc) is 3.57. The lowest BCUT2D eigenvalue weighted by molar-refractivity contribution is 1.18. The second-order valence-corrected chi connectivity index (χ2v) is 13.8. The minimum atomic E-state index is 1.10. The van der Waals surface area contributed by atoms with Gasteiger partial charge in [-0.1, -0.05) is 158 Å². The Hall–Kier alpha value is -7.16. The van der Waals surface area contributed by atoms with Crippen LogP contribution < -0.4 is 4.90 Å². The summed E-state index contributed by atoms with van der Waals surface area (Å²) in [6.45, 7) is 0. The molecule has 1 aromatic heterocycles. The molecule has 0 atom stereocenters. The SMILES string of the molecule is c1ccc(-c2ccc(-c3ccc(N(c4ccccc4)c4ccc(-c5ccccc5-n5c6ccccc6c6cc7ccccc7cc65)cc4)cc3)cc2)cc1. The number of hydrogen-bond donors (Lipinski definition) is 0. The van der Waals surface area contributed by atoms with Gasteiger partial charge >= 0.3 is 0 Å². The smallest absolute Gasteiger partial charge is 0.0547 e. The molecule has 0 bridgehead atoms. The van der Waals surface area contributed by atoms with Gasteiger partial charge in [-0.3, -0.25) is 0 Å².